The first kappa shape index (κ1) is 28.5. The first-order valence-electron chi connectivity index (χ1n) is 13.4. The highest BCUT2D eigenvalue weighted by molar-refractivity contribution is 5.94. The van der Waals surface area contributed by atoms with Gasteiger partial charge in [-0.3, -0.25) is 10.1 Å². The van der Waals surface area contributed by atoms with Crippen LogP contribution in [0.15, 0.2) is 83.4 Å². The molecule has 2 heterocycles. The molecule has 3 aromatic carbocycles. The molecule has 2 atom stereocenters. The van der Waals surface area contributed by atoms with Crippen LogP contribution in [-0.4, -0.2) is 45.4 Å². The summed E-state index contributed by atoms with van der Waals surface area (Å²) in [4.78, 5) is 19.3. The molecule has 10 heteroatoms. The van der Waals surface area contributed by atoms with Crippen molar-refractivity contribution in [3.63, 3.8) is 0 Å². The zero-order valence-electron chi connectivity index (χ0n) is 22.7. The lowest BCUT2D eigenvalue weighted by Gasteiger charge is -2.46. The van der Waals surface area contributed by atoms with Gasteiger partial charge in [-0.25, -0.2) is 0 Å². The number of hydrogen-bond donors (Lipinski definition) is 2. The molecular formula is C31H31F3N4O3. The summed E-state index contributed by atoms with van der Waals surface area (Å²) in [6.07, 6.45) is -4.42. The van der Waals surface area contributed by atoms with Crippen molar-refractivity contribution in [1.82, 2.24) is 20.4 Å². The van der Waals surface area contributed by atoms with Gasteiger partial charge in [-0.2, -0.15) is 18.2 Å². The zero-order valence-corrected chi connectivity index (χ0v) is 22.7. The first-order chi connectivity index (χ1) is 19.6. The number of amides is 1. The van der Waals surface area contributed by atoms with Gasteiger partial charge in [-0.05, 0) is 74.2 Å². The standard InChI is InChI=1S/C31H31F3N4O3/c1-20(22-12-14-26(15-13-22)31(32,33)34)35-29(40)30(25-6-4-3-5-7-25)16-18-38(19-17-30)28(39)24-10-8-23(9-11-24)27-36-21(2)37-41-27/h3-15,20,29,35,40H,16-19H2,1-2H3. The number of carbonyl (C=O) groups excluding carboxylic acids is 1. The number of nitrogens with zero attached hydrogens (tertiary/aromatic N) is 3. The van der Waals surface area contributed by atoms with Crippen LogP contribution in [-0.2, 0) is 11.6 Å². The Morgan fingerprint density at radius 2 is 1.63 bits per heavy atom. The van der Waals surface area contributed by atoms with E-state index in [9.17, 15) is 23.1 Å². The maximum atomic E-state index is 13.3. The predicted octanol–water partition coefficient (Wildman–Crippen LogP) is 5.91. The van der Waals surface area contributed by atoms with Crippen molar-refractivity contribution in [2.75, 3.05) is 13.1 Å². The van der Waals surface area contributed by atoms with Crippen molar-refractivity contribution in [2.45, 2.75) is 50.6 Å². The molecule has 2 N–H and O–H groups in total. The number of aryl methyl sites for hydroxylation is 1. The minimum atomic E-state index is -4.41. The Labute approximate surface area is 236 Å². The number of aliphatic hydroxyl groups is 1. The zero-order chi connectivity index (χ0) is 29.2. The van der Waals surface area contributed by atoms with E-state index in [4.69, 9.17) is 4.52 Å². The van der Waals surface area contributed by atoms with E-state index in [1.165, 1.54) is 12.1 Å². The molecule has 0 bridgehead atoms. The lowest BCUT2D eigenvalue weighted by atomic mass is 9.71. The lowest BCUT2D eigenvalue weighted by molar-refractivity contribution is -0.137. The van der Waals surface area contributed by atoms with Crippen molar-refractivity contribution in [3.05, 3.63) is 107 Å². The minimum absolute atomic E-state index is 0.111. The van der Waals surface area contributed by atoms with Gasteiger partial charge >= 0.3 is 6.18 Å². The van der Waals surface area contributed by atoms with E-state index in [-0.39, 0.29) is 5.91 Å². The van der Waals surface area contributed by atoms with E-state index >= 15 is 0 Å². The Hall–Kier alpha value is -4.02. The van der Waals surface area contributed by atoms with Crippen LogP contribution >= 0.6 is 0 Å². The van der Waals surface area contributed by atoms with E-state index in [2.05, 4.69) is 15.5 Å². The third-order valence-corrected chi connectivity index (χ3v) is 7.87. The minimum Gasteiger partial charge on any atom is -0.378 e. The third-order valence-electron chi connectivity index (χ3n) is 7.87. The van der Waals surface area contributed by atoms with E-state index in [0.29, 0.717) is 48.8 Å². The van der Waals surface area contributed by atoms with Gasteiger partial charge in [0.15, 0.2) is 5.82 Å². The summed E-state index contributed by atoms with van der Waals surface area (Å²) in [5, 5.41) is 18.6. The van der Waals surface area contributed by atoms with Crippen molar-refractivity contribution in [2.24, 2.45) is 0 Å². The molecule has 1 aliphatic rings. The van der Waals surface area contributed by atoms with Crippen LogP contribution < -0.4 is 5.32 Å². The molecule has 0 aliphatic carbocycles. The molecular weight excluding hydrogens is 533 g/mol. The maximum absolute atomic E-state index is 13.3. The maximum Gasteiger partial charge on any atom is 0.416 e. The van der Waals surface area contributed by atoms with Crippen LogP contribution in [0.1, 0.15) is 58.7 Å². The summed E-state index contributed by atoms with van der Waals surface area (Å²) in [6.45, 7) is 4.39. The summed E-state index contributed by atoms with van der Waals surface area (Å²) in [7, 11) is 0. The van der Waals surface area contributed by atoms with Gasteiger partial charge in [0.05, 0.1) is 5.56 Å². The highest BCUT2D eigenvalue weighted by Gasteiger charge is 2.44. The fourth-order valence-electron chi connectivity index (χ4n) is 5.40. The molecule has 0 radical (unpaired) electrons. The summed E-state index contributed by atoms with van der Waals surface area (Å²) in [5.74, 6) is 0.806. The monoisotopic (exact) mass is 564 g/mol. The Morgan fingerprint density at radius 1 is 1.00 bits per heavy atom. The van der Waals surface area contributed by atoms with Crippen LogP contribution in [0.5, 0.6) is 0 Å². The van der Waals surface area contributed by atoms with Crippen molar-refractivity contribution < 1.29 is 27.6 Å². The van der Waals surface area contributed by atoms with Gasteiger partial charge < -0.3 is 14.5 Å². The van der Waals surface area contributed by atoms with Crippen LogP contribution in [0.4, 0.5) is 13.2 Å². The first-order valence-corrected chi connectivity index (χ1v) is 13.4. The fourth-order valence-corrected chi connectivity index (χ4v) is 5.40. The molecule has 214 valence electrons. The summed E-state index contributed by atoms with van der Waals surface area (Å²) in [6, 6.07) is 21.2. The second-order valence-corrected chi connectivity index (χ2v) is 10.4. The molecule has 5 rings (SSSR count). The number of nitrogens with one attached hydrogen (secondary N) is 1. The molecule has 1 amide bonds. The average molecular weight is 565 g/mol. The van der Waals surface area contributed by atoms with Gasteiger partial charge in [0.2, 0.25) is 0 Å². The summed E-state index contributed by atoms with van der Waals surface area (Å²) < 4.78 is 44.2. The molecule has 2 unspecified atom stereocenters. The lowest BCUT2D eigenvalue weighted by Crippen LogP contribution is -2.55. The number of aliphatic hydroxyl groups excluding tert-OH is 1. The number of alkyl halides is 3. The molecule has 0 spiro atoms. The van der Waals surface area contributed by atoms with Gasteiger partial charge in [-0.15, -0.1) is 0 Å². The highest BCUT2D eigenvalue weighted by Crippen LogP contribution is 2.39. The number of aromatic nitrogens is 2. The SMILES string of the molecule is Cc1noc(-c2ccc(C(=O)N3CCC(c4ccccc4)(C(O)NC(C)c4ccc(C(F)(F)F)cc4)CC3)cc2)n1. The van der Waals surface area contributed by atoms with Crippen LogP contribution in [0, 0.1) is 6.92 Å². The number of carbonyl (C=O) groups is 1. The molecule has 1 saturated heterocycles. The van der Waals surface area contributed by atoms with E-state index in [1.807, 2.05) is 37.3 Å². The summed E-state index contributed by atoms with van der Waals surface area (Å²) >= 11 is 0. The Bertz CT molecular complexity index is 1460. The Kier molecular flexibility index (Phi) is 7.97. The number of benzene rings is 3. The molecule has 0 saturated carbocycles. The third kappa shape index (κ3) is 6.03. The molecule has 1 aromatic heterocycles. The number of rotatable bonds is 7. The predicted molar refractivity (Wildman–Crippen MR) is 147 cm³/mol. The number of piperidine rings is 1. The summed E-state index contributed by atoms with van der Waals surface area (Å²) in [5.41, 5.74) is 1.41. The fraction of sp³-hybridized carbons (Fsp3) is 0.323. The number of hydrogen-bond acceptors (Lipinski definition) is 6. The smallest absolute Gasteiger partial charge is 0.378 e. The largest absolute Gasteiger partial charge is 0.416 e. The van der Waals surface area contributed by atoms with Gasteiger partial charge in [0.1, 0.15) is 6.23 Å². The Balaban J connectivity index is 1.30. The van der Waals surface area contributed by atoms with Gasteiger partial charge in [-0.1, -0.05) is 47.6 Å². The van der Waals surface area contributed by atoms with Crippen LogP contribution in [0.2, 0.25) is 0 Å². The second-order valence-electron chi connectivity index (χ2n) is 10.4. The molecule has 41 heavy (non-hydrogen) atoms. The van der Waals surface area contributed by atoms with E-state index < -0.39 is 29.4 Å². The molecule has 1 aliphatic heterocycles. The van der Waals surface area contributed by atoms with Crippen molar-refractivity contribution >= 4 is 5.91 Å². The normalized spacial score (nSPS) is 16.8. The molecule has 1 fully saturated rings. The van der Waals surface area contributed by atoms with Crippen molar-refractivity contribution in [3.8, 4) is 11.5 Å². The highest BCUT2D eigenvalue weighted by atomic mass is 19.4. The van der Waals surface area contributed by atoms with E-state index in [0.717, 1.165) is 23.3 Å². The quantitative estimate of drug-likeness (QED) is 0.272. The second kappa shape index (κ2) is 11.5. The van der Waals surface area contributed by atoms with Crippen molar-refractivity contribution in [1.29, 1.82) is 0 Å². The van der Waals surface area contributed by atoms with Gasteiger partial charge in [0.25, 0.3) is 11.8 Å². The molecule has 7 nitrogen and oxygen atoms in total. The van der Waals surface area contributed by atoms with Gasteiger partial charge in [0, 0.05) is 35.7 Å². The Morgan fingerprint density at radius 3 is 2.20 bits per heavy atom. The number of likely N-dealkylation sites (tertiary alicyclic amines) is 1. The van der Waals surface area contributed by atoms with E-state index in [1.54, 1.807) is 36.1 Å². The molecule has 4 aromatic rings. The average Bonchev–Trinajstić information content (AvgIpc) is 3.43. The topological polar surface area (TPSA) is 91.5 Å². The van der Waals surface area contributed by atoms with Crippen LogP contribution in [0.25, 0.3) is 11.5 Å². The van der Waals surface area contributed by atoms with Crippen LogP contribution in [0.3, 0.4) is 0 Å². The number of halogens is 3.